The van der Waals surface area contributed by atoms with E-state index in [1.165, 1.54) is 25.7 Å². The van der Waals surface area contributed by atoms with E-state index in [-0.39, 0.29) is 11.9 Å². The van der Waals surface area contributed by atoms with Gasteiger partial charge in [0.15, 0.2) is 0 Å². The number of hydrogen-bond acceptors (Lipinski definition) is 3. The highest BCUT2D eigenvalue weighted by Crippen LogP contribution is 2.08. The van der Waals surface area contributed by atoms with Gasteiger partial charge in [-0.2, -0.15) is 0 Å². The number of hydrogen-bond donors (Lipinski definition) is 1. The molecule has 4 nitrogen and oxygen atoms in total. The van der Waals surface area contributed by atoms with Crippen LogP contribution in [0, 0.1) is 0 Å². The zero-order valence-electron chi connectivity index (χ0n) is 12.5. The molecule has 0 aliphatic carbocycles. The molecule has 4 heteroatoms. The fourth-order valence-electron chi connectivity index (χ4n) is 2.19. The molecule has 0 unspecified atom stereocenters. The summed E-state index contributed by atoms with van der Waals surface area (Å²) < 4.78 is 5.15. The van der Waals surface area contributed by atoms with Crippen molar-refractivity contribution in [3.63, 3.8) is 0 Å². The molecule has 1 saturated heterocycles. The normalized spacial score (nSPS) is 18.4. The van der Waals surface area contributed by atoms with Gasteiger partial charge in [-0.1, -0.05) is 38.3 Å². The summed E-state index contributed by atoms with van der Waals surface area (Å²) in [4.78, 5) is 22.5. The van der Waals surface area contributed by atoms with Crippen molar-refractivity contribution in [2.24, 2.45) is 0 Å². The molecule has 114 valence electrons. The first kappa shape index (κ1) is 16.7. The fraction of sp³-hybridized carbons (Fsp3) is 0.750. The van der Waals surface area contributed by atoms with Crippen LogP contribution >= 0.6 is 0 Å². The highest BCUT2D eigenvalue weighted by molar-refractivity contribution is 5.87. The first-order valence-electron chi connectivity index (χ1n) is 7.85. The highest BCUT2D eigenvalue weighted by atomic mass is 16.5. The fourth-order valence-corrected chi connectivity index (χ4v) is 2.19. The Kier molecular flexibility index (Phi) is 8.76. The Labute approximate surface area is 122 Å². The maximum Gasteiger partial charge on any atom is 0.328 e. The van der Waals surface area contributed by atoms with E-state index in [4.69, 9.17) is 4.74 Å². The number of amides is 1. The predicted octanol–water partition coefficient (Wildman–Crippen LogP) is 3.12. The van der Waals surface area contributed by atoms with Gasteiger partial charge in [0.1, 0.15) is 6.04 Å². The first-order chi connectivity index (χ1) is 9.74. The van der Waals surface area contributed by atoms with Crippen LogP contribution in [0.5, 0.6) is 0 Å². The smallest absolute Gasteiger partial charge is 0.328 e. The van der Waals surface area contributed by atoms with Gasteiger partial charge >= 0.3 is 5.97 Å². The van der Waals surface area contributed by atoms with E-state index in [1.54, 1.807) is 0 Å². The van der Waals surface area contributed by atoms with Crippen LogP contribution in [0.4, 0.5) is 0 Å². The summed E-state index contributed by atoms with van der Waals surface area (Å²) in [6.45, 7) is 2.65. The van der Waals surface area contributed by atoms with Gasteiger partial charge in [0, 0.05) is 6.42 Å². The Balaban J connectivity index is 1.92. The number of nitrogens with one attached hydrogen (secondary N) is 1. The zero-order valence-corrected chi connectivity index (χ0v) is 12.5. The van der Waals surface area contributed by atoms with Crippen molar-refractivity contribution in [1.29, 1.82) is 0 Å². The van der Waals surface area contributed by atoms with Gasteiger partial charge in [0.2, 0.25) is 5.91 Å². The molecule has 1 N–H and O–H groups in total. The van der Waals surface area contributed by atoms with Gasteiger partial charge in [-0.3, -0.25) is 4.79 Å². The van der Waals surface area contributed by atoms with Crippen LogP contribution in [0.3, 0.4) is 0 Å². The maximum atomic E-state index is 11.6. The van der Waals surface area contributed by atoms with Crippen molar-refractivity contribution in [3.05, 3.63) is 12.2 Å². The molecule has 0 aromatic rings. The standard InChI is InChI=1S/C16H27NO3/c1-2-3-4-5-6-7-8-9-10-13-20-16(19)14-11-12-15(18)17-14/h7-8,14H,2-6,9-13H2,1H3,(H,17,18)/b8-7+/t14-/m0/s1. The second-order valence-electron chi connectivity index (χ2n) is 5.29. The molecule has 1 aliphatic rings. The van der Waals surface area contributed by atoms with E-state index >= 15 is 0 Å². The lowest BCUT2D eigenvalue weighted by molar-refractivity contribution is -0.146. The van der Waals surface area contributed by atoms with Crippen LogP contribution < -0.4 is 5.32 Å². The van der Waals surface area contributed by atoms with E-state index in [1.807, 2.05) is 0 Å². The average molecular weight is 281 g/mol. The first-order valence-corrected chi connectivity index (χ1v) is 7.85. The average Bonchev–Trinajstić information content (AvgIpc) is 2.87. The van der Waals surface area contributed by atoms with Gasteiger partial charge in [-0.15, -0.1) is 0 Å². The number of ether oxygens (including phenoxy) is 1. The number of rotatable bonds is 10. The summed E-state index contributed by atoms with van der Waals surface area (Å²) in [7, 11) is 0. The maximum absolute atomic E-state index is 11.6. The van der Waals surface area contributed by atoms with E-state index < -0.39 is 6.04 Å². The lowest BCUT2D eigenvalue weighted by Crippen LogP contribution is -2.34. The van der Waals surface area contributed by atoms with E-state index in [0.29, 0.717) is 19.4 Å². The molecule has 1 rings (SSSR count). The number of allylic oxidation sites excluding steroid dienone is 2. The van der Waals surface area contributed by atoms with Crippen molar-refractivity contribution in [1.82, 2.24) is 5.32 Å². The Hall–Kier alpha value is -1.32. The van der Waals surface area contributed by atoms with E-state index in [0.717, 1.165) is 19.3 Å². The largest absolute Gasteiger partial charge is 0.464 e. The quantitative estimate of drug-likeness (QED) is 0.380. The predicted molar refractivity (Wildman–Crippen MR) is 79.3 cm³/mol. The molecule has 1 amide bonds. The summed E-state index contributed by atoms with van der Waals surface area (Å²) in [5.41, 5.74) is 0. The molecule has 0 radical (unpaired) electrons. The number of carbonyl (C=O) groups is 2. The van der Waals surface area contributed by atoms with E-state index in [2.05, 4.69) is 24.4 Å². The molecule has 20 heavy (non-hydrogen) atoms. The molecular formula is C16H27NO3. The third-order valence-electron chi connectivity index (χ3n) is 3.43. The number of unbranched alkanes of at least 4 members (excludes halogenated alkanes) is 5. The van der Waals surface area contributed by atoms with Crippen molar-refractivity contribution in [2.75, 3.05) is 6.61 Å². The second kappa shape index (κ2) is 10.5. The van der Waals surface area contributed by atoms with Crippen LogP contribution in [0.1, 0.15) is 64.7 Å². The summed E-state index contributed by atoms with van der Waals surface area (Å²) in [5, 5.41) is 2.61. The van der Waals surface area contributed by atoms with Gasteiger partial charge in [0.05, 0.1) is 6.61 Å². The Morgan fingerprint density at radius 1 is 1.25 bits per heavy atom. The molecule has 1 heterocycles. The van der Waals surface area contributed by atoms with Crippen LogP contribution in [0.2, 0.25) is 0 Å². The third-order valence-corrected chi connectivity index (χ3v) is 3.43. The van der Waals surface area contributed by atoms with Crippen LogP contribution in [0.25, 0.3) is 0 Å². The minimum Gasteiger partial charge on any atom is -0.464 e. The van der Waals surface area contributed by atoms with Gasteiger partial charge in [-0.05, 0) is 32.1 Å². The van der Waals surface area contributed by atoms with E-state index in [9.17, 15) is 9.59 Å². The van der Waals surface area contributed by atoms with Crippen molar-refractivity contribution < 1.29 is 14.3 Å². The molecule has 0 aromatic carbocycles. The molecule has 0 bridgehead atoms. The van der Waals surface area contributed by atoms with Gasteiger partial charge < -0.3 is 10.1 Å². The third kappa shape index (κ3) is 7.31. The lowest BCUT2D eigenvalue weighted by Gasteiger charge is -2.09. The molecule has 0 saturated carbocycles. The van der Waals surface area contributed by atoms with Crippen molar-refractivity contribution in [3.8, 4) is 0 Å². The number of esters is 1. The molecule has 1 atom stereocenters. The van der Waals surface area contributed by atoms with Gasteiger partial charge in [-0.25, -0.2) is 4.79 Å². The Morgan fingerprint density at radius 3 is 2.65 bits per heavy atom. The van der Waals surface area contributed by atoms with Crippen LogP contribution in [-0.2, 0) is 14.3 Å². The molecule has 1 fully saturated rings. The Bertz CT molecular complexity index is 326. The minimum atomic E-state index is -0.420. The SMILES string of the molecule is CCCCCC/C=C/CCCOC(=O)[C@@H]1CCC(=O)N1. The monoisotopic (exact) mass is 281 g/mol. The van der Waals surface area contributed by atoms with Crippen molar-refractivity contribution in [2.45, 2.75) is 70.8 Å². The molecule has 0 spiro atoms. The molecule has 1 aliphatic heterocycles. The zero-order chi connectivity index (χ0) is 14.6. The topological polar surface area (TPSA) is 55.4 Å². The summed E-state index contributed by atoms with van der Waals surface area (Å²) in [6, 6.07) is -0.420. The Morgan fingerprint density at radius 2 is 2.00 bits per heavy atom. The van der Waals surface area contributed by atoms with Crippen LogP contribution in [-0.4, -0.2) is 24.5 Å². The van der Waals surface area contributed by atoms with Crippen LogP contribution in [0.15, 0.2) is 12.2 Å². The summed E-state index contributed by atoms with van der Waals surface area (Å²) >= 11 is 0. The second-order valence-corrected chi connectivity index (χ2v) is 5.29. The van der Waals surface area contributed by atoms with Crippen molar-refractivity contribution >= 4 is 11.9 Å². The lowest BCUT2D eigenvalue weighted by atomic mass is 10.1. The minimum absolute atomic E-state index is 0.0574. The van der Waals surface area contributed by atoms with Gasteiger partial charge in [0.25, 0.3) is 0 Å². The molecular weight excluding hydrogens is 254 g/mol. The summed E-state index contributed by atoms with van der Waals surface area (Å²) in [6.07, 6.45) is 13.5. The molecule has 0 aromatic heterocycles. The highest BCUT2D eigenvalue weighted by Gasteiger charge is 2.28. The summed E-state index contributed by atoms with van der Waals surface area (Å²) in [5.74, 6) is -0.350. The number of carbonyl (C=O) groups excluding carboxylic acids is 2.